The first-order chi connectivity index (χ1) is 11.2. The molecule has 1 saturated heterocycles. The van der Waals surface area contributed by atoms with Gasteiger partial charge in [0, 0.05) is 6.04 Å². The number of benzene rings is 1. The molecule has 0 radical (unpaired) electrons. The molecule has 1 aliphatic carbocycles. The van der Waals surface area contributed by atoms with E-state index in [9.17, 15) is 4.79 Å². The Morgan fingerprint density at radius 3 is 2.54 bits per heavy atom. The van der Waals surface area contributed by atoms with Crippen LogP contribution in [-0.2, 0) is 10.2 Å². The van der Waals surface area contributed by atoms with Gasteiger partial charge in [0.1, 0.15) is 5.75 Å². The molecule has 0 atom stereocenters. The van der Waals surface area contributed by atoms with Gasteiger partial charge in [0.05, 0.1) is 12.5 Å². The summed E-state index contributed by atoms with van der Waals surface area (Å²) in [5.74, 6) is 1.09. The predicted octanol–water partition coefficient (Wildman–Crippen LogP) is 3.11. The highest BCUT2D eigenvalue weighted by Gasteiger charge is 2.43. The molecule has 1 aromatic rings. The van der Waals surface area contributed by atoms with Crippen molar-refractivity contribution in [2.45, 2.75) is 56.9 Å². The first kappa shape index (κ1) is 19.1. The van der Waals surface area contributed by atoms with Crippen LogP contribution >= 0.6 is 12.4 Å². The van der Waals surface area contributed by atoms with Crippen molar-refractivity contribution < 1.29 is 9.53 Å². The van der Waals surface area contributed by atoms with Gasteiger partial charge in [-0.2, -0.15) is 0 Å². The molecule has 0 bridgehead atoms. The van der Waals surface area contributed by atoms with E-state index in [2.05, 4.69) is 28.8 Å². The number of rotatable bonds is 4. The van der Waals surface area contributed by atoms with Gasteiger partial charge in [-0.1, -0.05) is 25.0 Å². The Morgan fingerprint density at radius 1 is 1.25 bits per heavy atom. The van der Waals surface area contributed by atoms with E-state index < -0.39 is 0 Å². The van der Waals surface area contributed by atoms with Crippen LogP contribution in [0.1, 0.15) is 49.7 Å². The van der Waals surface area contributed by atoms with Gasteiger partial charge in [-0.05, 0) is 62.9 Å². The van der Waals surface area contributed by atoms with Gasteiger partial charge in [-0.3, -0.25) is 4.79 Å². The lowest BCUT2D eigenvalue weighted by molar-refractivity contribution is -0.127. The van der Waals surface area contributed by atoms with Crippen LogP contribution in [0.2, 0.25) is 0 Å². The standard InChI is InChI=1S/C19H28N2O2.ClH/c1-14-5-6-15(13-17(14)23-2)19(9-3-4-10-19)18(22)21-16-7-11-20-12-8-16;/h5-6,13,16,20H,3-4,7-12H2,1-2H3,(H,21,22);1H. The number of ether oxygens (including phenoxy) is 1. The summed E-state index contributed by atoms with van der Waals surface area (Å²) in [6.07, 6.45) is 6.18. The second kappa shape index (κ2) is 8.21. The summed E-state index contributed by atoms with van der Waals surface area (Å²) in [4.78, 5) is 13.1. The van der Waals surface area contributed by atoms with Crippen LogP contribution in [0.4, 0.5) is 0 Å². The number of hydrogen-bond donors (Lipinski definition) is 2. The smallest absolute Gasteiger partial charge is 0.230 e. The molecule has 1 aliphatic heterocycles. The largest absolute Gasteiger partial charge is 0.496 e. The van der Waals surface area contributed by atoms with Crippen LogP contribution in [0, 0.1) is 6.92 Å². The minimum atomic E-state index is -0.369. The number of halogens is 1. The van der Waals surface area contributed by atoms with Crippen molar-refractivity contribution in [2.75, 3.05) is 20.2 Å². The van der Waals surface area contributed by atoms with Gasteiger partial charge in [-0.25, -0.2) is 0 Å². The average Bonchev–Trinajstić information content (AvgIpc) is 3.07. The maximum absolute atomic E-state index is 13.1. The molecule has 134 valence electrons. The average molecular weight is 353 g/mol. The highest BCUT2D eigenvalue weighted by Crippen LogP contribution is 2.43. The molecule has 0 aromatic heterocycles. The van der Waals surface area contributed by atoms with E-state index in [4.69, 9.17) is 4.74 Å². The van der Waals surface area contributed by atoms with Gasteiger partial charge >= 0.3 is 0 Å². The Morgan fingerprint density at radius 2 is 1.92 bits per heavy atom. The van der Waals surface area contributed by atoms with E-state index in [-0.39, 0.29) is 23.7 Å². The lowest BCUT2D eigenvalue weighted by Gasteiger charge is -2.32. The Balaban J connectivity index is 0.00000208. The van der Waals surface area contributed by atoms with Gasteiger partial charge in [0.15, 0.2) is 0 Å². The molecule has 5 heteroatoms. The predicted molar refractivity (Wildman–Crippen MR) is 99.2 cm³/mol. The summed E-state index contributed by atoms with van der Waals surface area (Å²) in [6, 6.07) is 6.58. The van der Waals surface area contributed by atoms with Crippen molar-refractivity contribution in [3.63, 3.8) is 0 Å². The third-order valence-corrected chi connectivity index (χ3v) is 5.53. The number of nitrogens with one attached hydrogen (secondary N) is 2. The van der Waals surface area contributed by atoms with E-state index in [1.807, 2.05) is 6.92 Å². The molecule has 0 spiro atoms. The Hall–Kier alpha value is -1.26. The van der Waals surface area contributed by atoms with E-state index in [0.29, 0.717) is 6.04 Å². The second-order valence-corrected chi connectivity index (χ2v) is 6.97. The van der Waals surface area contributed by atoms with Crippen LogP contribution in [0.15, 0.2) is 18.2 Å². The van der Waals surface area contributed by atoms with Crippen molar-refractivity contribution >= 4 is 18.3 Å². The maximum Gasteiger partial charge on any atom is 0.230 e. The summed E-state index contributed by atoms with van der Waals surface area (Å²) in [5, 5.41) is 6.68. The molecule has 2 fully saturated rings. The summed E-state index contributed by atoms with van der Waals surface area (Å²) >= 11 is 0. The Labute approximate surface area is 151 Å². The lowest BCUT2D eigenvalue weighted by Crippen LogP contribution is -2.50. The quantitative estimate of drug-likeness (QED) is 0.875. The third-order valence-electron chi connectivity index (χ3n) is 5.53. The third kappa shape index (κ3) is 3.70. The number of carbonyl (C=O) groups is 1. The summed E-state index contributed by atoms with van der Waals surface area (Å²) in [7, 11) is 1.70. The molecule has 0 unspecified atom stereocenters. The van der Waals surface area contributed by atoms with Crippen molar-refractivity contribution in [3.05, 3.63) is 29.3 Å². The fraction of sp³-hybridized carbons (Fsp3) is 0.632. The zero-order chi connectivity index (χ0) is 16.3. The molecule has 2 aliphatic rings. The van der Waals surface area contributed by atoms with Crippen molar-refractivity contribution in [1.29, 1.82) is 0 Å². The lowest BCUT2D eigenvalue weighted by atomic mass is 9.77. The number of amides is 1. The molecule has 4 nitrogen and oxygen atoms in total. The fourth-order valence-corrected chi connectivity index (χ4v) is 4.03. The second-order valence-electron chi connectivity index (χ2n) is 6.97. The first-order valence-corrected chi connectivity index (χ1v) is 8.82. The molecule has 24 heavy (non-hydrogen) atoms. The maximum atomic E-state index is 13.1. The number of aryl methyl sites for hydroxylation is 1. The summed E-state index contributed by atoms with van der Waals surface area (Å²) in [6.45, 7) is 4.03. The Kier molecular flexibility index (Phi) is 6.53. The Bertz CT molecular complexity index is 564. The topological polar surface area (TPSA) is 50.4 Å². The highest BCUT2D eigenvalue weighted by molar-refractivity contribution is 5.89. The summed E-state index contributed by atoms with van der Waals surface area (Å²) in [5.41, 5.74) is 1.86. The van der Waals surface area contributed by atoms with Crippen LogP contribution in [0.5, 0.6) is 5.75 Å². The van der Waals surface area contributed by atoms with Gasteiger partial charge in [-0.15, -0.1) is 12.4 Å². The molecule has 3 rings (SSSR count). The van der Waals surface area contributed by atoms with Gasteiger partial charge in [0.25, 0.3) is 0 Å². The normalized spacial score (nSPS) is 20.2. The molecule has 1 heterocycles. The number of hydrogen-bond acceptors (Lipinski definition) is 3. The van der Waals surface area contributed by atoms with Crippen molar-refractivity contribution in [3.8, 4) is 5.75 Å². The minimum Gasteiger partial charge on any atom is -0.496 e. The van der Waals surface area contributed by atoms with Crippen LogP contribution in [-0.4, -0.2) is 32.1 Å². The number of piperidine rings is 1. The van der Waals surface area contributed by atoms with E-state index >= 15 is 0 Å². The van der Waals surface area contributed by atoms with E-state index in [0.717, 1.165) is 68.5 Å². The molecule has 1 aromatic carbocycles. The van der Waals surface area contributed by atoms with Crippen LogP contribution in [0.3, 0.4) is 0 Å². The van der Waals surface area contributed by atoms with Crippen molar-refractivity contribution in [1.82, 2.24) is 10.6 Å². The van der Waals surface area contributed by atoms with Gasteiger partial charge in [0.2, 0.25) is 5.91 Å². The zero-order valence-corrected chi connectivity index (χ0v) is 15.5. The van der Waals surface area contributed by atoms with Crippen LogP contribution < -0.4 is 15.4 Å². The monoisotopic (exact) mass is 352 g/mol. The molecule has 1 saturated carbocycles. The van der Waals surface area contributed by atoms with Gasteiger partial charge < -0.3 is 15.4 Å². The molecule has 1 amide bonds. The number of methoxy groups -OCH3 is 1. The minimum absolute atomic E-state index is 0. The molecule has 2 N–H and O–H groups in total. The van der Waals surface area contributed by atoms with E-state index in [1.165, 1.54) is 0 Å². The first-order valence-electron chi connectivity index (χ1n) is 8.82. The molecular weight excluding hydrogens is 324 g/mol. The highest BCUT2D eigenvalue weighted by atomic mass is 35.5. The van der Waals surface area contributed by atoms with Crippen LogP contribution in [0.25, 0.3) is 0 Å². The zero-order valence-electron chi connectivity index (χ0n) is 14.7. The SMILES string of the molecule is COc1cc(C2(C(=O)NC3CCNCC3)CCCC2)ccc1C.Cl. The summed E-state index contributed by atoms with van der Waals surface area (Å²) < 4.78 is 5.48. The number of carbonyl (C=O) groups excluding carboxylic acids is 1. The molecular formula is C19H29ClN2O2. The van der Waals surface area contributed by atoms with E-state index in [1.54, 1.807) is 7.11 Å². The fourth-order valence-electron chi connectivity index (χ4n) is 4.03. The van der Waals surface area contributed by atoms with Crippen molar-refractivity contribution in [2.24, 2.45) is 0 Å².